The Labute approximate surface area is 145 Å². The maximum atomic E-state index is 13.0. The molecule has 4 nitrogen and oxygen atoms in total. The van der Waals surface area contributed by atoms with E-state index in [4.69, 9.17) is 10.00 Å². The number of halogens is 5. The van der Waals surface area contributed by atoms with Crippen molar-refractivity contribution in [2.45, 2.75) is 12.2 Å². The Kier molecular flexibility index (Phi) is 8.70. The van der Waals surface area contributed by atoms with Crippen molar-refractivity contribution in [3.8, 4) is 6.07 Å². The molecule has 1 fully saturated rings. The molecule has 1 aliphatic rings. The van der Waals surface area contributed by atoms with Gasteiger partial charge in [0, 0.05) is 38.5 Å². The summed E-state index contributed by atoms with van der Waals surface area (Å²) >= 11 is 0. The van der Waals surface area contributed by atoms with Crippen molar-refractivity contribution < 1.29 is 17.9 Å². The fourth-order valence-corrected chi connectivity index (χ4v) is 2.43. The van der Waals surface area contributed by atoms with E-state index in [0.29, 0.717) is 31.9 Å². The van der Waals surface area contributed by atoms with Crippen LogP contribution in [0.25, 0.3) is 0 Å². The molecule has 0 amide bonds. The Morgan fingerprint density at radius 3 is 2.65 bits per heavy atom. The van der Waals surface area contributed by atoms with E-state index in [9.17, 15) is 13.2 Å². The quantitative estimate of drug-likeness (QED) is 0.887. The number of nitrogens with one attached hydrogen (secondary N) is 1. The summed E-state index contributed by atoms with van der Waals surface area (Å²) in [5, 5.41) is 12.1. The van der Waals surface area contributed by atoms with Crippen molar-refractivity contribution in [1.29, 1.82) is 5.26 Å². The number of hydrogen-bond acceptors (Lipinski definition) is 4. The first kappa shape index (κ1) is 21.8. The number of hydrogen-bond donors (Lipinski definition) is 1. The molecule has 9 heteroatoms. The SMILES string of the molecule is COCC1CN(c2ccc(C#N)c(C(F)(F)F)c2)CCN1.Cl.Cl. The van der Waals surface area contributed by atoms with Crippen LogP contribution in [0.15, 0.2) is 18.2 Å². The summed E-state index contributed by atoms with van der Waals surface area (Å²) < 4.78 is 44.0. The third kappa shape index (κ3) is 5.43. The molecule has 23 heavy (non-hydrogen) atoms. The molecule has 0 radical (unpaired) electrons. The van der Waals surface area contributed by atoms with Crippen LogP contribution >= 0.6 is 24.8 Å². The predicted octanol–water partition coefficient (Wildman–Crippen LogP) is 2.85. The third-order valence-corrected chi connectivity index (χ3v) is 3.42. The van der Waals surface area contributed by atoms with Crippen molar-refractivity contribution in [2.24, 2.45) is 0 Å². The smallest absolute Gasteiger partial charge is 0.383 e. The van der Waals surface area contributed by atoms with Crippen molar-refractivity contribution >= 4 is 30.5 Å². The zero-order chi connectivity index (χ0) is 15.5. The molecular formula is C14H18Cl2F3N3O. The molecule has 1 unspecified atom stereocenters. The Balaban J connectivity index is 0.00000242. The lowest BCUT2D eigenvalue weighted by Crippen LogP contribution is -2.52. The van der Waals surface area contributed by atoms with Crippen LogP contribution in [0.1, 0.15) is 11.1 Å². The van der Waals surface area contributed by atoms with Gasteiger partial charge in [0.05, 0.1) is 23.8 Å². The van der Waals surface area contributed by atoms with Gasteiger partial charge in [-0.2, -0.15) is 18.4 Å². The van der Waals surface area contributed by atoms with Gasteiger partial charge in [0.15, 0.2) is 0 Å². The van der Waals surface area contributed by atoms with Crippen LogP contribution in [-0.4, -0.2) is 39.4 Å². The second-order valence-electron chi connectivity index (χ2n) is 4.89. The van der Waals surface area contributed by atoms with Gasteiger partial charge in [-0.05, 0) is 18.2 Å². The van der Waals surface area contributed by atoms with Gasteiger partial charge in [-0.1, -0.05) is 0 Å². The average Bonchev–Trinajstić information content (AvgIpc) is 2.46. The first-order valence-electron chi connectivity index (χ1n) is 6.54. The Bertz CT molecular complexity index is 547. The zero-order valence-corrected chi connectivity index (χ0v) is 14.0. The van der Waals surface area contributed by atoms with Crippen LogP contribution in [0.4, 0.5) is 18.9 Å². The van der Waals surface area contributed by atoms with Crippen LogP contribution in [0, 0.1) is 11.3 Å². The van der Waals surface area contributed by atoms with Gasteiger partial charge in [-0.25, -0.2) is 0 Å². The highest BCUT2D eigenvalue weighted by molar-refractivity contribution is 5.85. The summed E-state index contributed by atoms with van der Waals surface area (Å²) in [5.41, 5.74) is -0.761. The molecule has 2 rings (SSSR count). The van der Waals surface area contributed by atoms with Crippen LogP contribution < -0.4 is 10.2 Å². The third-order valence-electron chi connectivity index (χ3n) is 3.42. The van der Waals surface area contributed by atoms with Crippen LogP contribution in [0.2, 0.25) is 0 Å². The summed E-state index contributed by atoms with van der Waals surface area (Å²) in [4.78, 5) is 1.87. The van der Waals surface area contributed by atoms with E-state index in [0.717, 1.165) is 6.07 Å². The Morgan fingerprint density at radius 2 is 2.09 bits per heavy atom. The Morgan fingerprint density at radius 1 is 1.39 bits per heavy atom. The molecule has 0 bridgehead atoms. The number of benzene rings is 1. The molecule has 0 saturated carbocycles. The van der Waals surface area contributed by atoms with Crippen LogP contribution in [0.3, 0.4) is 0 Å². The number of alkyl halides is 3. The maximum Gasteiger partial charge on any atom is 0.417 e. The first-order chi connectivity index (χ1) is 9.95. The number of methoxy groups -OCH3 is 1. The van der Waals surface area contributed by atoms with Gasteiger partial charge >= 0.3 is 6.18 Å². The Hall–Kier alpha value is -1.20. The number of anilines is 1. The van der Waals surface area contributed by atoms with Crippen LogP contribution in [0.5, 0.6) is 0 Å². The number of piperazine rings is 1. The molecule has 1 aromatic rings. The molecule has 1 atom stereocenters. The van der Waals surface area contributed by atoms with E-state index in [1.54, 1.807) is 19.2 Å². The molecule has 130 valence electrons. The van der Waals surface area contributed by atoms with Gasteiger partial charge in [-0.3, -0.25) is 0 Å². The van der Waals surface area contributed by atoms with Crippen molar-refractivity contribution in [2.75, 3.05) is 38.3 Å². The standard InChI is InChI=1S/C14H16F3N3O.2ClH/c1-21-9-11-8-20(5-4-19-11)12-3-2-10(7-18)13(6-12)14(15,16)17;;/h2-3,6,11,19H,4-5,8-9H2,1H3;2*1H. The average molecular weight is 372 g/mol. The normalized spacial score (nSPS) is 17.7. The topological polar surface area (TPSA) is 48.3 Å². The van der Waals surface area contributed by atoms with Gasteiger partial charge in [0.1, 0.15) is 0 Å². The maximum absolute atomic E-state index is 13.0. The highest BCUT2D eigenvalue weighted by Crippen LogP contribution is 2.34. The lowest BCUT2D eigenvalue weighted by atomic mass is 10.1. The van der Waals surface area contributed by atoms with Gasteiger partial charge < -0.3 is 15.0 Å². The lowest BCUT2D eigenvalue weighted by Gasteiger charge is -2.35. The van der Waals surface area contributed by atoms with E-state index in [2.05, 4.69) is 5.32 Å². The highest BCUT2D eigenvalue weighted by Gasteiger charge is 2.34. The minimum atomic E-state index is -4.53. The molecule has 1 heterocycles. The fourth-order valence-electron chi connectivity index (χ4n) is 2.43. The summed E-state index contributed by atoms with van der Waals surface area (Å²) in [6, 6.07) is 5.50. The largest absolute Gasteiger partial charge is 0.417 e. The van der Waals surface area contributed by atoms with Crippen LogP contribution in [-0.2, 0) is 10.9 Å². The molecule has 0 spiro atoms. The number of rotatable bonds is 3. The molecule has 0 aromatic heterocycles. The minimum absolute atomic E-state index is 0. The number of nitriles is 1. The van der Waals surface area contributed by atoms with Crippen molar-refractivity contribution in [1.82, 2.24) is 5.32 Å². The molecule has 1 aliphatic heterocycles. The summed E-state index contributed by atoms with van der Waals surface area (Å²) in [6.07, 6.45) is -4.53. The monoisotopic (exact) mass is 371 g/mol. The van der Waals surface area contributed by atoms with E-state index in [1.165, 1.54) is 6.07 Å². The minimum Gasteiger partial charge on any atom is -0.383 e. The van der Waals surface area contributed by atoms with E-state index >= 15 is 0 Å². The number of nitrogens with zero attached hydrogens (tertiary/aromatic N) is 2. The summed E-state index contributed by atoms with van der Waals surface area (Å²) in [5.74, 6) is 0. The molecule has 1 N–H and O–H groups in total. The molecule has 1 saturated heterocycles. The second-order valence-corrected chi connectivity index (χ2v) is 4.89. The first-order valence-corrected chi connectivity index (χ1v) is 6.54. The highest BCUT2D eigenvalue weighted by atomic mass is 35.5. The van der Waals surface area contributed by atoms with Crippen molar-refractivity contribution in [3.05, 3.63) is 29.3 Å². The second kappa shape index (κ2) is 9.18. The van der Waals surface area contributed by atoms with Gasteiger partial charge in [0.25, 0.3) is 0 Å². The summed E-state index contributed by atoms with van der Waals surface area (Å²) in [6.45, 7) is 2.36. The zero-order valence-electron chi connectivity index (χ0n) is 12.4. The fraction of sp³-hybridized carbons (Fsp3) is 0.500. The lowest BCUT2D eigenvalue weighted by molar-refractivity contribution is -0.137. The van der Waals surface area contributed by atoms with Crippen molar-refractivity contribution in [3.63, 3.8) is 0 Å². The summed E-state index contributed by atoms with van der Waals surface area (Å²) in [7, 11) is 1.59. The number of ether oxygens (including phenoxy) is 1. The van der Waals surface area contributed by atoms with E-state index < -0.39 is 11.7 Å². The predicted molar refractivity (Wildman–Crippen MR) is 86.5 cm³/mol. The van der Waals surface area contributed by atoms with E-state index in [-0.39, 0.29) is 36.4 Å². The van der Waals surface area contributed by atoms with E-state index in [1.807, 2.05) is 4.90 Å². The molecular weight excluding hydrogens is 354 g/mol. The van der Waals surface area contributed by atoms with Gasteiger partial charge in [0.2, 0.25) is 0 Å². The molecule has 1 aromatic carbocycles. The molecule has 0 aliphatic carbocycles. The van der Waals surface area contributed by atoms with Gasteiger partial charge in [-0.15, -0.1) is 24.8 Å².